The van der Waals surface area contributed by atoms with Crippen LogP contribution in [0.25, 0.3) is 5.69 Å². The van der Waals surface area contributed by atoms with Crippen LogP contribution in [0.4, 0.5) is 5.82 Å². The van der Waals surface area contributed by atoms with Gasteiger partial charge in [-0.15, -0.1) is 0 Å². The van der Waals surface area contributed by atoms with Crippen LogP contribution in [0.15, 0.2) is 48.5 Å². The SMILES string of the molecule is Cc1c(Cl)cccc1-n1nc(Cc2ccccc2)c2c1NCC2. The van der Waals surface area contributed by atoms with Crippen LogP contribution in [-0.2, 0) is 12.8 Å². The number of anilines is 1. The van der Waals surface area contributed by atoms with Crippen LogP contribution in [0.1, 0.15) is 22.4 Å². The molecule has 0 spiro atoms. The first-order valence-corrected chi connectivity index (χ1v) is 8.26. The molecular weight excluding hydrogens is 306 g/mol. The first kappa shape index (κ1) is 14.3. The van der Waals surface area contributed by atoms with Crippen LogP contribution >= 0.6 is 11.6 Å². The fraction of sp³-hybridized carbons (Fsp3) is 0.211. The summed E-state index contributed by atoms with van der Waals surface area (Å²) in [6.45, 7) is 3.01. The lowest BCUT2D eigenvalue weighted by atomic mass is 10.1. The Kier molecular flexibility index (Phi) is 3.58. The van der Waals surface area contributed by atoms with Gasteiger partial charge in [-0.3, -0.25) is 0 Å². The van der Waals surface area contributed by atoms with E-state index in [1.54, 1.807) is 0 Å². The number of nitrogens with zero attached hydrogens (tertiary/aromatic N) is 2. The Balaban J connectivity index is 1.80. The van der Waals surface area contributed by atoms with Crippen LogP contribution < -0.4 is 5.32 Å². The summed E-state index contributed by atoms with van der Waals surface area (Å²) in [7, 11) is 0. The van der Waals surface area contributed by atoms with Gasteiger partial charge in [0.1, 0.15) is 5.82 Å². The molecule has 1 aromatic heterocycles. The van der Waals surface area contributed by atoms with Crippen LogP contribution in [0.5, 0.6) is 0 Å². The Hall–Kier alpha value is -2.26. The van der Waals surface area contributed by atoms with E-state index in [-0.39, 0.29) is 0 Å². The highest BCUT2D eigenvalue weighted by molar-refractivity contribution is 6.31. The van der Waals surface area contributed by atoms with Gasteiger partial charge in [-0.2, -0.15) is 5.10 Å². The Labute approximate surface area is 140 Å². The zero-order chi connectivity index (χ0) is 15.8. The van der Waals surface area contributed by atoms with Gasteiger partial charge >= 0.3 is 0 Å². The van der Waals surface area contributed by atoms with Gasteiger partial charge in [-0.25, -0.2) is 4.68 Å². The minimum atomic E-state index is 0.773. The zero-order valence-corrected chi connectivity index (χ0v) is 13.8. The molecule has 2 heterocycles. The van der Waals surface area contributed by atoms with E-state index in [9.17, 15) is 0 Å². The van der Waals surface area contributed by atoms with Crippen molar-refractivity contribution in [1.29, 1.82) is 0 Å². The van der Waals surface area contributed by atoms with Gasteiger partial charge in [0.2, 0.25) is 0 Å². The Morgan fingerprint density at radius 3 is 2.78 bits per heavy atom. The van der Waals surface area contributed by atoms with Crippen molar-refractivity contribution >= 4 is 17.4 Å². The molecule has 1 N–H and O–H groups in total. The molecule has 0 bridgehead atoms. The maximum atomic E-state index is 6.29. The maximum absolute atomic E-state index is 6.29. The Morgan fingerprint density at radius 2 is 1.96 bits per heavy atom. The fourth-order valence-corrected chi connectivity index (χ4v) is 3.35. The maximum Gasteiger partial charge on any atom is 0.133 e. The normalized spacial score (nSPS) is 13.0. The first-order chi connectivity index (χ1) is 11.2. The van der Waals surface area contributed by atoms with Gasteiger partial charge in [-0.1, -0.05) is 48.0 Å². The lowest BCUT2D eigenvalue weighted by Crippen LogP contribution is -2.06. The minimum absolute atomic E-state index is 0.773. The molecule has 0 saturated carbocycles. The average Bonchev–Trinajstić information content (AvgIpc) is 3.15. The van der Waals surface area contributed by atoms with Crippen LogP contribution in [0.2, 0.25) is 5.02 Å². The highest BCUT2D eigenvalue weighted by atomic mass is 35.5. The van der Waals surface area contributed by atoms with E-state index in [4.69, 9.17) is 16.7 Å². The van der Waals surface area contributed by atoms with E-state index in [2.05, 4.69) is 35.6 Å². The van der Waals surface area contributed by atoms with Gasteiger partial charge in [0, 0.05) is 23.6 Å². The number of aromatic nitrogens is 2. The predicted molar refractivity (Wildman–Crippen MR) is 94.8 cm³/mol. The topological polar surface area (TPSA) is 29.9 Å². The summed E-state index contributed by atoms with van der Waals surface area (Å²) < 4.78 is 2.02. The van der Waals surface area contributed by atoms with Crippen LogP contribution in [0.3, 0.4) is 0 Å². The largest absolute Gasteiger partial charge is 0.369 e. The highest BCUT2D eigenvalue weighted by Crippen LogP contribution is 2.32. The van der Waals surface area contributed by atoms with Gasteiger partial charge < -0.3 is 5.32 Å². The number of hydrogen-bond donors (Lipinski definition) is 1. The zero-order valence-electron chi connectivity index (χ0n) is 13.0. The molecule has 4 rings (SSSR count). The molecule has 1 aliphatic heterocycles. The molecule has 2 aromatic carbocycles. The second-order valence-electron chi connectivity index (χ2n) is 5.91. The number of nitrogens with one attached hydrogen (secondary N) is 1. The lowest BCUT2D eigenvalue weighted by molar-refractivity contribution is 0.835. The van der Waals surface area contributed by atoms with Gasteiger partial charge in [0.15, 0.2) is 0 Å². The Morgan fingerprint density at radius 1 is 1.13 bits per heavy atom. The summed E-state index contributed by atoms with van der Waals surface area (Å²) in [6.07, 6.45) is 1.88. The Bertz CT molecular complexity index is 853. The summed E-state index contributed by atoms with van der Waals surface area (Å²) in [5.41, 5.74) is 5.86. The third-order valence-corrected chi connectivity index (χ3v) is 4.83. The van der Waals surface area contributed by atoms with E-state index in [0.717, 1.165) is 47.2 Å². The lowest BCUT2D eigenvalue weighted by Gasteiger charge is -2.10. The van der Waals surface area contributed by atoms with Crippen LogP contribution in [-0.4, -0.2) is 16.3 Å². The quantitative estimate of drug-likeness (QED) is 0.774. The summed E-state index contributed by atoms with van der Waals surface area (Å²) in [5.74, 6) is 1.11. The number of rotatable bonds is 3. The molecule has 116 valence electrons. The molecule has 3 nitrogen and oxygen atoms in total. The number of halogens is 1. The number of benzene rings is 2. The van der Waals surface area contributed by atoms with E-state index in [1.807, 2.05) is 29.8 Å². The van der Waals surface area contributed by atoms with Gasteiger partial charge in [0.05, 0.1) is 11.4 Å². The van der Waals surface area contributed by atoms with Crippen molar-refractivity contribution in [3.63, 3.8) is 0 Å². The third kappa shape index (κ3) is 2.51. The van der Waals surface area contributed by atoms with Crippen LogP contribution in [0, 0.1) is 6.92 Å². The molecule has 0 radical (unpaired) electrons. The monoisotopic (exact) mass is 323 g/mol. The van der Waals surface area contributed by atoms with E-state index >= 15 is 0 Å². The summed E-state index contributed by atoms with van der Waals surface area (Å²) in [4.78, 5) is 0. The second-order valence-corrected chi connectivity index (χ2v) is 6.32. The molecule has 0 amide bonds. The third-order valence-electron chi connectivity index (χ3n) is 4.42. The van der Waals surface area contributed by atoms with E-state index < -0.39 is 0 Å². The predicted octanol–water partition coefficient (Wildman–Crippen LogP) is 4.39. The summed E-state index contributed by atoms with van der Waals surface area (Å²) >= 11 is 6.29. The molecule has 0 fully saturated rings. The molecular formula is C19H18ClN3. The van der Waals surface area contributed by atoms with Gasteiger partial charge in [0.25, 0.3) is 0 Å². The number of hydrogen-bond acceptors (Lipinski definition) is 2. The molecule has 0 atom stereocenters. The molecule has 4 heteroatoms. The van der Waals surface area contributed by atoms with Crippen molar-refractivity contribution in [3.8, 4) is 5.69 Å². The molecule has 23 heavy (non-hydrogen) atoms. The van der Waals surface area contributed by atoms with Gasteiger partial charge in [-0.05, 0) is 36.6 Å². The van der Waals surface area contributed by atoms with Crippen molar-refractivity contribution < 1.29 is 0 Å². The number of fused-ring (bicyclic) bond motifs is 1. The smallest absolute Gasteiger partial charge is 0.133 e. The second kappa shape index (κ2) is 5.74. The minimum Gasteiger partial charge on any atom is -0.369 e. The molecule has 0 aliphatic carbocycles. The standard InChI is InChI=1S/C19H18ClN3/c1-13-16(20)8-5-9-18(13)23-19-15(10-11-21-19)17(22-23)12-14-6-3-2-4-7-14/h2-9,21H,10-12H2,1H3. The average molecular weight is 324 g/mol. The highest BCUT2D eigenvalue weighted by Gasteiger charge is 2.23. The molecule has 3 aromatic rings. The first-order valence-electron chi connectivity index (χ1n) is 7.88. The van der Waals surface area contributed by atoms with Crippen molar-refractivity contribution in [1.82, 2.24) is 9.78 Å². The summed E-state index contributed by atoms with van der Waals surface area (Å²) in [5, 5.41) is 9.14. The van der Waals surface area contributed by atoms with E-state index in [1.165, 1.54) is 11.1 Å². The molecule has 0 saturated heterocycles. The van der Waals surface area contributed by atoms with Crippen molar-refractivity contribution in [2.75, 3.05) is 11.9 Å². The van der Waals surface area contributed by atoms with Crippen molar-refractivity contribution in [2.45, 2.75) is 19.8 Å². The van der Waals surface area contributed by atoms with Crippen molar-refractivity contribution in [2.24, 2.45) is 0 Å². The van der Waals surface area contributed by atoms with Crippen molar-refractivity contribution in [3.05, 3.63) is 75.9 Å². The fourth-order valence-electron chi connectivity index (χ4n) is 3.18. The summed E-state index contributed by atoms with van der Waals surface area (Å²) in [6, 6.07) is 16.5. The molecule has 1 aliphatic rings. The van der Waals surface area contributed by atoms with E-state index in [0.29, 0.717) is 0 Å². The molecule has 0 unspecified atom stereocenters.